The molecule has 0 bridgehead atoms. The van der Waals surface area contributed by atoms with Crippen molar-refractivity contribution in [2.75, 3.05) is 0 Å². The average Bonchev–Trinajstić information content (AvgIpc) is 3.09. The van der Waals surface area contributed by atoms with Crippen molar-refractivity contribution in [1.29, 1.82) is 5.39 Å². The Balaban J connectivity index is 0.000000592. The van der Waals surface area contributed by atoms with Crippen LogP contribution in [-0.2, 0) is 0 Å². The Morgan fingerprint density at radius 1 is 0.347 bits per heavy atom. The summed E-state index contributed by atoms with van der Waals surface area (Å²) in [5.74, 6) is -44.3. The maximum absolute atomic E-state index is 15.3. The minimum atomic E-state index is -5.62. The molecule has 0 amide bonds. The summed E-state index contributed by atoms with van der Waals surface area (Å²) in [5, 5.41) is 8.16. The molecular weight excluding hydrogens is 703 g/mol. The van der Waals surface area contributed by atoms with Crippen LogP contribution < -0.4 is 21.9 Å². The molecule has 49 heavy (non-hydrogen) atoms. The van der Waals surface area contributed by atoms with E-state index in [0.29, 0.717) is 5.69 Å². The molecule has 5 aromatic rings. The fraction of sp³-hybridized carbons (Fsp3) is 0. The molecule has 0 N–H and O–H groups in total. The second kappa shape index (κ2) is 13.5. The minimum Gasteiger partial charge on any atom is -0.207 e. The zero-order valence-corrected chi connectivity index (χ0v) is 23.2. The highest BCUT2D eigenvalue weighted by Crippen LogP contribution is 2.26. The van der Waals surface area contributed by atoms with E-state index >= 15 is 17.6 Å². The van der Waals surface area contributed by atoms with Crippen LogP contribution in [0.3, 0.4) is 0 Å². The van der Waals surface area contributed by atoms with Gasteiger partial charge in [-0.2, -0.15) is 21.9 Å². The fourth-order valence-corrected chi connectivity index (χ4v) is 5.12. The van der Waals surface area contributed by atoms with Gasteiger partial charge in [0, 0.05) is 12.1 Å². The number of benzene rings is 5. The summed E-state index contributed by atoms with van der Waals surface area (Å²) >= 11 is 0. The molecule has 5 aromatic carbocycles. The van der Waals surface area contributed by atoms with Crippen molar-refractivity contribution in [3.8, 4) is 0 Å². The highest BCUT2D eigenvalue weighted by molar-refractivity contribution is 7.20. The molecular formula is C30H9BF16N2. The number of rotatable bonds is 4. The van der Waals surface area contributed by atoms with Crippen LogP contribution in [0.2, 0.25) is 0 Å². The van der Waals surface area contributed by atoms with Crippen LogP contribution in [0.25, 0.3) is 4.98 Å². The molecule has 0 aliphatic rings. The summed E-state index contributed by atoms with van der Waals surface area (Å²) in [6.07, 6.45) is -5.62. The Morgan fingerprint density at radius 2 is 0.592 bits per heavy atom. The van der Waals surface area contributed by atoms with Gasteiger partial charge in [-0.15, -0.1) is 0 Å². The predicted molar refractivity (Wildman–Crippen MR) is 141 cm³/mol. The van der Waals surface area contributed by atoms with Crippen molar-refractivity contribution in [3.63, 3.8) is 0 Å². The molecule has 254 valence electrons. The van der Waals surface area contributed by atoms with Crippen molar-refractivity contribution in [2.45, 2.75) is 0 Å². The molecule has 0 radical (unpaired) electrons. The highest BCUT2D eigenvalue weighted by Gasteiger charge is 2.45. The predicted octanol–water partition coefficient (Wildman–Crippen LogP) is 7.46. The average molecular weight is 712 g/mol. The monoisotopic (exact) mass is 712 g/mol. The Labute approximate surface area is 262 Å². The quantitative estimate of drug-likeness (QED) is 0.0626. The number of nitrogens with zero attached hydrogens (tertiary/aromatic N) is 2. The standard InChI is InChI=1S/C24H4BF16.C6H5N2/c26-9-1-5(13(30)21(38)17(9)34)25(6-2-10(27)18(35)22(39)14(6)31,7-3-11(28)19(36)23(40)15(7)32)8-4-12(29)20(37)24(41)16(8)33;7-8-6-4-2-1-3-5-6/h1-4H;1-5H/q-1;+1. The van der Waals surface area contributed by atoms with Gasteiger partial charge in [0.1, 0.15) is 29.4 Å². The summed E-state index contributed by atoms with van der Waals surface area (Å²) < 4.78 is 232. The van der Waals surface area contributed by atoms with Crippen LogP contribution in [0.4, 0.5) is 75.9 Å². The van der Waals surface area contributed by atoms with Crippen molar-refractivity contribution < 1.29 is 70.2 Å². The van der Waals surface area contributed by atoms with Crippen LogP contribution in [0.1, 0.15) is 0 Å². The van der Waals surface area contributed by atoms with Gasteiger partial charge in [0.15, 0.2) is 74.8 Å². The lowest BCUT2D eigenvalue weighted by atomic mass is 9.12. The first-order valence-corrected chi connectivity index (χ1v) is 12.8. The Hall–Kier alpha value is -5.54. The van der Waals surface area contributed by atoms with Gasteiger partial charge in [-0.3, -0.25) is 0 Å². The zero-order chi connectivity index (χ0) is 36.7. The second-order valence-electron chi connectivity index (χ2n) is 9.86. The molecule has 0 saturated carbocycles. The van der Waals surface area contributed by atoms with Crippen LogP contribution in [0.15, 0.2) is 54.6 Å². The van der Waals surface area contributed by atoms with E-state index in [1.54, 1.807) is 12.1 Å². The van der Waals surface area contributed by atoms with Gasteiger partial charge in [-0.05, 0) is 0 Å². The van der Waals surface area contributed by atoms with Crippen LogP contribution >= 0.6 is 0 Å². The summed E-state index contributed by atoms with van der Waals surface area (Å²) in [7, 11) is 0. The summed E-state index contributed by atoms with van der Waals surface area (Å²) in [6, 6.07) is 6.46. The third-order valence-corrected chi connectivity index (χ3v) is 7.26. The fourth-order valence-electron chi connectivity index (χ4n) is 5.12. The third-order valence-electron chi connectivity index (χ3n) is 7.26. The molecule has 0 unspecified atom stereocenters. The molecule has 19 heteroatoms. The van der Waals surface area contributed by atoms with E-state index in [0.717, 1.165) is 0 Å². The molecule has 0 aliphatic heterocycles. The van der Waals surface area contributed by atoms with Crippen molar-refractivity contribution >= 4 is 33.7 Å². The number of hydrogen-bond donors (Lipinski definition) is 0. The van der Waals surface area contributed by atoms with Gasteiger partial charge >= 0.3 is 5.69 Å². The van der Waals surface area contributed by atoms with Crippen molar-refractivity contribution in [3.05, 3.63) is 153 Å². The summed E-state index contributed by atoms with van der Waals surface area (Å²) in [5.41, 5.74) is -8.47. The molecule has 0 aromatic heterocycles. The number of hydrogen-bond acceptors (Lipinski definition) is 1. The molecule has 0 spiro atoms. The van der Waals surface area contributed by atoms with Gasteiger partial charge in [0.2, 0.25) is 5.39 Å². The SMILES string of the molecule is Fc1cc([B-](c2cc(F)c(F)c(F)c2F)(c2cc(F)c(F)c(F)c2F)c2cc(F)c(F)c(F)c2F)c(F)c(F)c1F.N#[N+]c1ccccc1. The van der Waals surface area contributed by atoms with E-state index in [1.165, 1.54) is 0 Å². The zero-order valence-electron chi connectivity index (χ0n) is 23.2. The number of halogens is 16. The van der Waals surface area contributed by atoms with Crippen LogP contribution in [0.5, 0.6) is 0 Å². The maximum atomic E-state index is 15.3. The van der Waals surface area contributed by atoms with Crippen molar-refractivity contribution in [2.24, 2.45) is 0 Å². The molecule has 0 atom stereocenters. The lowest BCUT2D eigenvalue weighted by molar-refractivity contribution is 0.408. The summed E-state index contributed by atoms with van der Waals surface area (Å²) in [4.78, 5) is 2.97. The Kier molecular flexibility index (Phi) is 10.0. The van der Waals surface area contributed by atoms with E-state index in [4.69, 9.17) is 5.39 Å². The lowest BCUT2D eigenvalue weighted by Gasteiger charge is -2.44. The first-order valence-electron chi connectivity index (χ1n) is 12.8. The normalized spacial score (nSPS) is 11.2. The third kappa shape index (κ3) is 5.91. The van der Waals surface area contributed by atoms with Gasteiger partial charge in [-0.25, -0.2) is 70.2 Å². The van der Waals surface area contributed by atoms with E-state index in [-0.39, 0.29) is 0 Å². The second-order valence-corrected chi connectivity index (χ2v) is 9.86. The summed E-state index contributed by atoms with van der Waals surface area (Å²) in [6.45, 7) is 0. The van der Waals surface area contributed by atoms with Gasteiger partial charge in [0.25, 0.3) is 0 Å². The first kappa shape index (κ1) is 36.3. The van der Waals surface area contributed by atoms with Crippen LogP contribution in [0, 0.1) is 98.5 Å². The van der Waals surface area contributed by atoms with E-state index in [1.807, 2.05) is 18.2 Å². The van der Waals surface area contributed by atoms with E-state index in [2.05, 4.69) is 4.98 Å². The molecule has 0 heterocycles. The maximum Gasteiger partial charge on any atom is 0.385 e. The van der Waals surface area contributed by atoms with Gasteiger partial charge in [0.05, 0.1) is 0 Å². The lowest BCUT2D eigenvalue weighted by Crippen LogP contribution is -2.78. The Morgan fingerprint density at radius 3 is 0.796 bits per heavy atom. The topological polar surface area (TPSA) is 28.1 Å². The number of diazo groups is 1. The smallest absolute Gasteiger partial charge is 0.207 e. The van der Waals surface area contributed by atoms with Crippen LogP contribution in [-0.4, -0.2) is 6.15 Å². The molecule has 5 rings (SSSR count). The van der Waals surface area contributed by atoms with Gasteiger partial charge < -0.3 is 0 Å². The first-order chi connectivity index (χ1) is 22.9. The van der Waals surface area contributed by atoms with Crippen molar-refractivity contribution in [1.82, 2.24) is 0 Å². The molecule has 0 aliphatic carbocycles. The Bertz CT molecular complexity index is 1910. The highest BCUT2D eigenvalue weighted by atomic mass is 19.2. The van der Waals surface area contributed by atoms with Gasteiger partial charge in [-0.1, -0.05) is 42.5 Å². The largest absolute Gasteiger partial charge is 0.385 e. The van der Waals surface area contributed by atoms with E-state index in [9.17, 15) is 52.7 Å². The molecule has 0 saturated heterocycles. The minimum absolute atomic E-state index is 0.590. The molecule has 0 fully saturated rings. The molecule has 2 nitrogen and oxygen atoms in total. The van der Waals surface area contributed by atoms with E-state index < -0.39 is 145 Å².